The third-order valence-electron chi connectivity index (χ3n) is 3.95. The Labute approximate surface area is 110 Å². The Morgan fingerprint density at radius 2 is 1.94 bits per heavy atom. The maximum atomic E-state index is 9.84. The second-order valence-electron chi connectivity index (χ2n) is 5.37. The highest BCUT2D eigenvalue weighted by Gasteiger charge is 2.17. The van der Waals surface area contributed by atoms with E-state index in [1.54, 1.807) is 0 Å². The van der Waals surface area contributed by atoms with E-state index in [1.807, 2.05) is 0 Å². The van der Waals surface area contributed by atoms with Gasteiger partial charge in [0.1, 0.15) is 0 Å². The molecule has 0 spiro atoms. The van der Waals surface area contributed by atoms with E-state index in [9.17, 15) is 5.11 Å². The molecule has 3 N–H and O–H groups in total. The predicted octanol–water partition coefficient (Wildman–Crippen LogP) is 2.17. The Hall–Kier alpha value is -0.640. The molecule has 0 radical (unpaired) electrons. The van der Waals surface area contributed by atoms with Gasteiger partial charge in [0.2, 0.25) is 0 Å². The van der Waals surface area contributed by atoms with Crippen molar-refractivity contribution in [3.8, 4) is 0 Å². The molecule has 104 valence electrons. The number of aliphatic hydroxyl groups excluding tert-OH is 3. The maximum Gasteiger partial charge on any atom is 0.0615 e. The van der Waals surface area contributed by atoms with Crippen molar-refractivity contribution in [2.45, 2.75) is 52.1 Å². The van der Waals surface area contributed by atoms with Crippen LogP contribution in [0.15, 0.2) is 22.8 Å². The van der Waals surface area contributed by atoms with Crippen LogP contribution in [0, 0.1) is 5.92 Å². The first-order chi connectivity index (χ1) is 8.58. The summed E-state index contributed by atoms with van der Waals surface area (Å²) in [6, 6.07) is 0. The standard InChI is InChI=1S/C15H26O3/c1-11-3-6-13(7-4-11)12(2)5-8-15(18)14(9-16)10-17/h3,14-18H,4-10H2,1-2H3/b13-12-. The van der Waals surface area contributed by atoms with Gasteiger partial charge in [0.15, 0.2) is 0 Å². The summed E-state index contributed by atoms with van der Waals surface area (Å²) in [5.41, 5.74) is 4.30. The normalized spacial score (nSPS) is 20.9. The van der Waals surface area contributed by atoms with Crippen LogP contribution in [0.4, 0.5) is 0 Å². The largest absolute Gasteiger partial charge is 0.396 e. The van der Waals surface area contributed by atoms with Crippen LogP contribution in [0.1, 0.15) is 46.0 Å². The second-order valence-corrected chi connectivity index (χ2v) is 5.37. The molecule has 0 aliphatic heterocycles. The third kappa shape index (κ3) is 4.56. The fourth-order valence-corrected chi connectivity index (χ4v) is 2.32. The summed E-state index contributed by atoms with van der Waals surface area (Å²) < 4.78 is 0. The highest BCUT2D eigenvalue weighted by molar-refractivity contribution is 5.22. The van der Waals surface area contributed by atoms with Crippen LogP contribution in [0.3, 0.4) is 0 Å². The summed E-state index contributed by atoms with van der Waals surface area (Å²) in [5, 5.41) is 27.8. The zero-order chi connectivity index (χ0) is 13.5. The van der Waals surface area contributed by atoms with Crippen molar-refractivity contribution >= 4 is 0 Å². The molecular formula is C15H26O3. The van der Waals surface area contributed by atoms with Gasteiger partial charge in [0, 0.05) is 5.92 Å². The SMILES string of the molecule is CC1=CC/C(=C(\C)CCC(O)C(CO)CO)CC1. The van der Waals surface area contributed by atoms with Crippen molar-refractivity contribution in [3.63, 3.8) is 0 Å². The lowest BCUT2D eigenvalue weighted by atomic mass is 9.89. The summed E-state index contributed by atoms with van der Waals surface area (Å²) in [4.78, 5) is 0. The number of allylic oxidation sites excluding steroid dienone is 4. The van der Waals surface area contributed by atoms with Gasteiger partial charge in [-0.2, -0.15) is 0 Å². The van der Waals surface area contributed by atoms with Gasteiger partial charge in [-0.05, 0) is 46.0 Å². The minimum atomic E-state index is -0.614. The monoisotopic (exact) mass is 254 g/mol. The molecule has 0 saturated heterocycles. The van der Waals surface area contributed by atoms with E-state index >= 15 is 0 Å². The van der Waals surface area contributed by atoms with Crippen LogP contribution in [0.5, 0.6) is 0 Å². The average Bonchev–Trinajstić information content (AvgIpc) is 2.38. The fraction of sp³-hybridized carbons (Fsp3) is 0.733. The van der Waals surface area contributed by atoms with Gasteiger partial charge >= 0.3 is 0 Å². The molecule has 0 aromatic heterocycles. The average molecular weight is 254 g/mol. The van der Waals surface area contributed by atoms with Crippen LogP contribution in [0.2, 0.25) is 0 Å². The molecule has 0 fully saturated rings. The lowest BCUT2D eigenvalue weighted by molar-refractivity contribution is 0.0274. The van der Waals surface area contributed by atoms with Gasteiger partial charge in [-0.1, -0.05) is 22.8 Å². The van der Waals surface area contributed by atoms with Gasteiger partial charge in [0.25, 0.3) is 0 Å². The lowest BCUT2D eigenvalue weighted by Crippen LogP contribution is -2.27. The Morgan fingerprint density at radius 1 is 1.28 bits per heavy atom. The molecule has 0 amide bonds. The highest BCUT2D eigenvalue weighted by atomic mass is 16.3. The minimum Gasteiger partial charge on any atom is -0.396 e. The van der Waals surface area contributed by atoms with Gasteiger partial charge in [-0.25, -0.2) is 0 Å². The summed E-state index contributed by atoms with van der Waals surface area (Å²) >= 11 is 0. The predicted molar refractivity (Wildman–Crippen MR) is 73.2 cm³/mol. The van der Waals surface area contributed by atoms with E-state index < -0.39 is 12.0 Å². The zero-order valence-corrected chi connectivity index (χ0v) is 11.5. The zero-order valence-electron chi connectivity index (χ0n) is 11.5. The molecule has 1 rings (SSSR count). The van der Waals surface area contributed by atoms with Crippen LogP contribution in [-0.2, 0) is 0 Å². The van der Waals surface area contributed by atoms with E-state index in [2.05, 4.69) is 19.9 Å². The van der Waals surface area contributed by atoms with Crippen molar-refractivity contribution in [1.82, 2.24) is 0 Å². The topological polar surface area (TPSA) is 60.7 Å². The Balaban J connectivity index is 2.45. The number of aliphatic hydroxyl groups is 3. The van der Waals surface area contributed by atoms with E-state index in [0.717, 1.165) is 25.7 Å². The number of hydrogen-bond acceptors (Lipinski definition) is 3. The van der Waals surface area contributed by atoms with Crippen LogP contribution in [-0.4, -0.2) is 34.6 Å². The van der Waals surface area contributed by atoms with Crippen molar-refractivity contribution in [2.75, 3.05) is 13.2 Å². The molecule has 1 unspecified atom stereocenters. The van der Waals surface area contributed by atoms with Gasteiger partial charge < -0.3 is 15.3 Å². The minimum absolute atomic E-state index is 0.158. The van der Waals surface area contributed by atoms with Crippen molar-refractivity contribution in [2.24, 2.45) is 5.92 Å². The summed E-state index contributed by atoms with van der Waals surface area (Å²) in [6.45, 7) is 3.98. The number of hydrogen-bond donors (Lipinski definition) is 3. The summed E-state index contributed by atoms with van der Waals surface area (Å²) in [6.07, 6.45) is 6.44. The lowest BCUT2D eigenvalue weighted by Gasteiger charge is -2.20. The summed E-state index contributed by atoms with van der Waals surface area (Å²) in [7, 11) is 0. The Bertz CT molecular complexity index is 314. The van der Waals surface area contributed by atoms with Crippen molar-refractivity contribution in [3.05, 3.63) is 22.8 Å². The quantitative estimate of drug-likeness (QED) is 0.637. The summed E-state index contributed by atoms with van der Waals surface area (Å²) in [5.74, 6) is -0.406. The number of rotatable bonds is 6. The van der Waals surface area contributed by atoms with Gasteiger partial charge in [-0.3, -0.25) is 0 Å². The second kappa shape index (κ2) is 7.72. The molecule has 1 atom stereocenters. The van der Waals surface area contributed by atoms with E-state index in [4.69, 9.17) is 10.2 Å². The molecular weight excluding hydrogens is 228 g/mol. The van der Waals surface area contributed by atoms with Crippen LogP contribution in [0.25, 0.3) is 0 Å². The third-order valence-corrected chi connectivity index (χ3v) is 3.95. The van der Waals surface area contributed by atoms with E-state index in [0.29, 0.717) is 6.42 Å². The molecule has 0 aromatic carbocycles. The van der Waals surface area contributed by atoms with Crippen molar-refractivity contribution < 1.29 is 15.3 Å². The van der Waals surface area contributed by atoms with Gasteiger partial charge in [0.05, 0.1) is 19.3 Å². The molecule has 0 aromatic rings. The van der Waals surface area contributed by atoms with Gasteiger partial charge in [-0.15, -0.1) is 0 Å². The molecule has 3 nitrogen and oxygen atoms in total. The molecule has 3 heteroatoms. The molecule has 0 bridgehead atoms. The Kier molecular flexibility index (Phi) is 6.61. The smallest absolute Gasteiger partial charge is 0.0615 e. The van der Waals surface area contributed by atoms with Crippen LogP contribution < -0.4 is 0 Å². The molecule has 1 aliphatic rings. The maximum absolute atomic E-state index is 9.84. The fourth-order valence-electron chi connectivity index (χ4n) is 2.32. The highest BCUT2D eigenvalue weighted by Crippen LogP contribution is 2.27. The van der Waals surface area contributed by atoms with E-state index in [1.165, 1.54) is 16.7 Å². The first kappa shape index (κ1) is 15.4. The molecule has 0 heterocycles. The Morgan fingerprint density at radius 3 is 2.44 bits per heavy atom. The van der Waals surface area contributed by atoms with Crippen LogP contribution >= 0.6 is 0 Å². The van der Waals surface area contributed by atoms with Crippen molar-refractivity contribution in [1.29, 1.82) is 0 Å². The molecule has 18 heavy (non-hydrogen) atoms. The first-order valence-corrected chi connectivity index (χ1v) is 6.81. The first-order valence-electron chi connectivity index (χ1n) is 6.81. The molecule has 1 aliphatic carbocycles. The molecule has 0 saturated carbocycles. The van der Waals surface area contributed by atoms with E-state index in [-0.39, 0.29) is 13.2 Å².